The third-order valence-electron chi connectivity index (χ3n) is 2.17. The van der Waals surface area contributed by atoms with Crippen molar-refractivity contribution in [1.82, 2.24) is 5.32 Å². The monoisotopic (exact) mass is 255 g/mol. The maximum atomic E-state index is 13.4. The summed E-state index contributed by atoms with van der Waals surface area (Å²) in [7, 11) is 0. The van der Waals surface area contributed by atoms with Crippen molar-refractivity contribution < 1.29 is 18.7 Å². The number of nitrogens with one attached hydrogen (secondary N) is 1. The van der Waals surface area contributed by atoms with Gasteiger partial charge >= 0.3 is 6.09 Å². The van der Waals surface area contributed by atoms with Crippen LogP contribution in [0.2, 0.25) is 0 Å². The number of amides is 2. The van der Waals surface area contributed by atoms with Crippen molar-refractivity contribution in [2.45, 2.75) is 6.54 Å². The van der Waals surface area contributed by atoms with E-state index in [4.69, 9.17) is 11.5 Å². The van der Waals surface area contributed by atoms with Gasteiger partial charge in [0.05, 0.1) is 0 Å². The molecule has 0 atom stereocenters. The maximum Gasteiger partial charge on any atom is 0.404 e. The van der Waals surface area contributed by atoms with Crippen LogP contribution in [0.15, 0.2) is 18.2 Å². The topological polar surface area (TPSA) is 107 Å². The van der Waals surface area contributed by atoms with Gasteiger partial charge in [0.25, 0.3) is 0 Å². The molecule has 0 bridgehead atoms. The van der Waals surface area contributed by atoms with Gasteiger partial charge in [-0.2, -0.15) is 0 Å². The molecule has 0 fully saturated rings. The van der Waals surface area contributed by atoms with Crippen molar-refractivity contribution in [3.05, 3.63) is 35.1 Å². The van der Waals surface area contributed by atoms with Gasteiger partial charge < -0.3 is 21.5 Å². The Bertz CT molecular complexity index is 451. The van der Waals surface area contributed by atoms with E-state index in [1.807, 2.05) is 0 Å². The molecule has 0 radical (unpaired) electrons. The van der Waals surface area contributed by atoms with Gasteiger partial charge in [-0.25, -0.2) is 9.18 Å². The van der Waals surface area contributed by atoms with Crippen LogP contribution in [0.3, 0.4) is 0 Å². The van der Waals surface area contributed by atoms with Gasteiger partial charge in [-0.15, -0.1) is 0 Å². The van der Waals surface area contributed by atoms with E-state index in [1.165, 1.54) is 18.2 Å². The molecule has 0 spiro atoms. The molecule has 0 unspecified atom stereocenters. The fourth-order valence-corrected chi connectivity index (χ4v) is 1.31. The Hall–Kier alpha value is -2.15. The zero-order valence-electron chi connectivity index (χ0n) is 9.61. The molecule has 0 aromatic heterocycles. The number of primary amides is 2. The molecular weight excluding hydrogens is 241 g/mol. The Morgan fingerprint density at radius 1 is 1.33 bits per heavy atom. The largest absolute Gasteiger partial charge is 0.448 e. The molecule has 18 heavy (non-hydrogen) atoms. The van der Waals surface area contributed by atoms with Crippen LogP contribution in [0.25, 0.3) is 0 Å². The molecule has 0 aliphatic rings. The van der Waals surface area contributed by atoms with Gasteiger partial charge in [0.1, 0.15) is 12.4 Å². The second-order valence-electron chi connectivity index (χ2n) is 3.51. The first-order chi connectivity index (χ1) is 8.50. The van der Waals surface area contributed by atoms with Crippen molar-refractivity contribution >= 4 is 12.0 Å². The van der Waals surface area contributed by atoms with E-state index in [2.05, 4.69) is 10.1 Å². The smallest absolute Gasteiger partial charge is 0.404 e. The molecule has 98 valence electrons. The predicted molar refractivity (Wildman–Crippen MR) is 62.2 cm³/mol. The van der Waals surface area contributed by atoms with Gasteiger partial charge in [-0.05, 0) is 18.2 Å². The van der Waals surface area contributed by atoms with Gasteiger partial charge in [-0.1, -0.05) is 0 Å². The standard InChI is InChI=1S/C11H14FN3O3/c12-9-2-1-7(10(13)16)5-8(9)6-15-3-4-18-11(14)17/h1-2,5,15H,3-4,6H2,(H2,13,16)(H2,14,17). The van der Waals surface area contributed by atoms with E-state index in [9.17, 15) is 14.0 Å². The highest BCUT2D eigenvalue weighted by Crippen LogP contribution is 2.10. The highest BCUT2D eigenvalue weighted by molar-refractivity contribution is 5.92. The number of carbonyl (C=O) groups excluding carboxylic acids is 2. The second-order valence-corrected chi connectivity index (χ2v) is 3.51. The highest BCUT2D eigenvalue weighted by atomic mass is 19.1. The Balaban J connectivity index is 2.48. The fourth-order valence-electron chi connectivity index (χ4n) is 1.31. The van der Waals surface area contributed by atoms with Crippen LogP contribution >= 0.6 is 0 Å². The number of rotatable bonds is 6. The van der Waals surface area contributed by atoms with Crippen molar-refractivity contribution in [2.75, 3.05) is 13.2 Å². The molecule has 1 aromatic carbocycles. The average Bonchev–Trinajstić information content (AvgIpc) is 2.30. The Labute approximate surface area is 103 Å². The van der Waals surface area contributed by atoms with Gasteiger partial charge in [-0.3, -0.25) is 4.79 Å². The number of ether oxygens (including phenoxy) is 1. The first kappa shape index (κ1) is 13.9. The quantitative estimate of drug-likeness (QED) is 0.627. The van der Waals surface area contributed by atoms with Gasteiger partial charge in [0.15, 0.2) is 0 Å². The van der Waals surface area contributed by atoms with E-state index in [-0.39, 0.29) is 18.7 Å². The molecule has 5 N–H and O–H groups in total. The lowest BCUT2D eigenvalue weighted by molar-refractivity contribution is 0.1000. The lowest BCUT2D eigenvalue weighted by Crippen LogP contribution is -2.23. The summed E-state index contributed by atoms with van der Waals surface area (Å²) in [6.45, 7) is 0.602. The van der Waals surface area contributed by atoms with Gasteiger partial charge in [0, 0.05) is 24.2 Å². The zero-order chi connectivity index (χ0) is 13.5. The molecule has 0 saturated carbocycles. The van der Waals surface area contributed by atoms with Crippen LogP contribution in [-0.4, -0.2) is 25.2 Å². The van der Waals surface area contributed by atoms with Crippen LogP contribution in [0.5, 0.6) is 0 Å². The van der Waals surface area contributed by atoms with E-state index < -0.39 is 17.8 Å². The number of nitrogens with two attached hydrogens (primary N) is 2. The summed E-state index contributed by atoms with van der Waals surface area (Å²) in [5.41, 5.74) is 10.4. The highest BCUT2D eigenvalue weighted by Gasteiger charge is 2.06. The molecule has 0 aliphatic heterocycles. The molecule has 1 rings (SSSR count). The Kier molecular flexibility index (Phi) is 5.06. The number of benzene rings is 1. The zero-order valence-corrected chi connectivity index (χ0v) is 9.61. The van der Waals surface area contributed by atoms with Crippen LogP contribution in [0.4, 0.5) is 9.18 Å². The second kappa shape index (κ2) is 6.55. The molecule has 0 aliphatic carbocycles. The molecule has 1 aromatic rings. The summed E-state index contributed by atoms with van der Waals surface area (Å²) in [6.07, 6.45) is -0.862. The summed E-state index contributed by atoms with van der Waals surface area (Å²) in [6, 6.07) is 3.87. The SMILES string of the molecule is NC(=O)OCCNCc1cc(C(N)=O)ccc1F. The number of halogens is 1. The fraction of sp³-hybridized carbons (Fsp3) is 0.273. The summed E-state index contributed by atoms with van der Waals surface area (Å²) in [4.78, 5) is 21.2. The lowest BCUT2D eigenvalue weighted by Gasteiger charge is -2.07. The van der Waals surface area contributed by atoms with E-state index >= 15 is 0 Å². The summed E-state index contributed by atoms with van der Waals surface area (Å²) < 4.78 is 17.9. The minimum Gasteiger partial charge on any atom is -0.448 e. The molecular formula is C11H14FN3O3. The first-order valence-electron chi connectivity index (χ1n) is 5.22. The minimum atomic E-state index is -0.862. The first-order valence-corrected chi connectivity index (χ1v) is 5.22. The minimum absolute atomic E-state index is 0.0897. The lowest BCUT2D eigenvalue weighted by atomic mass is 10.1. The number of hydrogen-bond acceptors (Lipinski definition) is 4. The summed E-state index contributed by atoms with van der Waals surface area (Å²) in [5.74, 6) is -1.06. The summed E-state index contributed by atoms with van der Waals surface area (Å²) >= 11 is 0. The van der Waals surface area contributed by atoms with Crippen LogP contribution < -0.4 is 16.8 Å². The van der Waals surface area contributed by atoms with Crippen molar-refractivity contribution in [3.63, 3.8) is 0 Å². The van der Waals surface area contributed by atoms with Crippen LogP contribution in [0, 0.1) is 5.82 Å². The van der Waals surface area contributed by atoms with Crippen LogP contribution in [0.1, 0.15) is 15.9 Å². The normalized spacial score (nSPS) is 10.1. The van der Waals surface area contributed by atoms with Crippen molar-refractivity contribution in [3.8, 4) is 0 Å². The van der Waals surface area contributed by atoms with E-state index in [0.29, 0.717) is 12.1 Å². The predicted octanol–water partition coefficient (Wildman–Crippen LogP) is 0.110. The Morgan fingerprint density at radius 2 is 2.06 bits per heavy atom. The maximum absolute atomic E-state index is 13.4. The molecule has 6 nitrogen and oxygen atoms in total. The van der Waals surface area contributed by atoms with E-state index in [0.717, 1.165) is 0 Å². The molecule has 2 amide bonds. The number of carbonyl (C=O) groups is 2. The van der Waals surface area contributed by atoms with Crippen molar-refractivity contribution in [1.29, 1.82) is 0 Å². The molecule has 0 heterocycles. The number of hydrogen-bond donors (Lipinski definition) is 3. The van der Waals surface area contributed by atoms with Gasteiger partial charge in [0.2, 0.25) is 5.91 Å². The average molecular weight is 255 g/mol. The third kappa shape index (κ3) is 4.38. The van der Waals surface area contributed by atoms with Crippen molar-refractivity contribution in [2.24, 2.45) is 11.5 Å². The van der Waals surface area contributed by atoms with Crippen LogP contribution in [-0.2, 0) is 11.3 Å². The molecule has 0 saturated heterocycles. The third-order valence-corrected chi connectivity index (χ3v) is 2.17. The molecule has 7 heteroatoms. The van der Waals surface area contributed by atoms with E-state index in [1.54, 1.807) is 0 Å². The Morgan fingerprint density at radius 3 is 2.67 bits per heavy atom. The summed E-state index contributed by atoms with van der Waals surface area (Å²) in [5, 5.41) is 2.84.